The number of aliphatic hydroxyl groups is 1. The van der Waals surface area contributed by atoms with Gasteiger partial charge in [-0.05, 0) is 41.3 Å². The first-order valence-corrected chi connectivity index (χ1v) is 7.20. The molecule has 1 heterocycles. The van der Waals surface area contributed by atoms with Crippen LogP contribution < -0.4 is 4.74 Å². The summed E-state index contributed by atoms with van der Waals surface area (Å²) in [6.07, 6.45) is 0.875. The molecule has 104 valence electrons. The van der Waals surface area contributed by atoms with Crippen molar-refractivity contribution in [2.45, 2.75) is 25.9 Å². The SMILES string of the molecule is Cc1ccccc1C(O)Cc1cc(Cl)cc2c1OCC2. The lowest BCUT2D eigenvalue weighted by Gasteiger charge is -2.16. The Bertz CT molecular complexity index is 637. The molecule has 0 saturated heterocycles. The smallest absolute Gasteiger partial charge is 0.126 e. The zero-order valence-corrected chi connectivity index (χ0v) is 12.2. The lowest BCUT2D eigenvalue weighted by molar-refractivity contribution is 0.176. The number of aryl methyl sites for hydroxylation is 1. The monoisotopic (exact) mass is 288 g/mol. The van der Waals surface area contributed by atoms with Crippen LogP contribution in [-0.4, -0.2) is 11.7 Å². The van der Waals surface area contributed by atoms with E-state index in [1.807, 2.05) is 43.3 Å². The number of halogens is 1. The van der Waals surface area contributed by atoms with E-state index >= 15 is 0 Å². The zero-order chi connectivity index (χ0) is 14.1. The Labute approximate surface area is 124 Å². The van der Waals surface area contributed by atoms with E-state index < -0.39 is 6.10 Å². The summed E-state index contributed by atoms with van der Waals surface area (Å²) in [5.41, 5.74) is 4.18. The molecule has 1 aliphatic heterocycles. The molecule has 0 aromatic heterocycles. The van der Waals surface area contributed by atoms with E-state index in [1.165, 1.54) is 0 Å². The van der Waals surface area contributed by atoms with E-state index in [4.69, 9.17) is 16.3 Å². The Morgan fingerprint density at radius 2 is 2.10 bits per heavy atom. The first kappa shape index (κ1) is 13.5. The molecule has 0 saturated carbocycles. The van der Waals surface area contributed by atoms with Crippen LogP contribution in [0.2, 0.25) is 5.02 Å². The number of hydrogen-bond acceptors (Lipinski definition) is 2. The summed E-state index contributed by atoms with van der Waals surface area (Å²) in [7, 11) is 0. The van der Waals surface area contributed by atoms with Crippen molar-refractivity contribution in [1.29, 1.82) is 0 Å². The molecule has 0 aliphatic carbocycles. The molecule has 2 aromatic rings. The summed E-state index contributed by atoms with van der Waals surface area (Å²) in [4.78, 5) is 0. The highest BCUT2D eigenvalue weighted by Crippen LogP contribution is 2.35. The Balaban J connectivity index is 1.90. The van der Waals surface area contributed by atoms with Gasteiger partial charge >= 0.3 is 0 Å². The lowest BCUT2D eigenvalue weighted by atomic mass is 9.96. The van der Waals surface area contributed by atoms with Crippen molar-refractivity contribution in [2.75, 3.05) is 6.61 Å². The molecule has 3 rings (SSSR count). The largest absolute Gasteiger partial charge is 0.493 e. The van der Waals surface area contributed by atoms with Gasteiger partial charge in [-0.2, -0.15) is 0 Å². The molecule has 3 heteroatoms. The second-order valence-corrected chi connectivity index (χ2v) is 5.66. The van der Waals surface area contributed by atoms with Crippen LogP contribution in [-0.2, 0) is 12.8 Å². The maximum Gasteiger partial charge on any atom is 0.126 e. The Hall–Kier alpha value is -1.51. The first-order chi connectivity index (χ1) is 9.65. The number of fused-ring (bicyclic) bond motifs is 1. The quantitative estimate of drug-likeness (QED) is 0.929. The van der Waals surface area contributed by atoms with Gasteiger partial charge < -0.3 is 9.84 Å². The standard InChI is InChI=1S/C17H17ClO2/c1-11-4-2-3-5-15(11)16(19)10-13-9-14(18)8-12-6-7-20-17(12)13/h2-5,8-9,16,19H,6-7,10H2,1H3. The molecular weight excluding hydrogens is 272 g/mol. The van der Waals surface area contributed by atoms with Gasteiger partial charge in [-0.15, -0.1) is 0 Å². The van der Waals surface area contributed by atoms with Gasteiger partial charge in [-0.1, -0.05) is 35.9 Å². The van der Waals surface area contributed by atoms with Gasteiger partial charge in [0.2, 0.25) is 0 Å². The zero-order valence-electron chi connectivity index (χ0n) is 11.4. The summed E-state index contributed by atoms with van der Waals surface area (Å²) in [5.74, 6) is 0.905. The highest BCUT2D eigenvalue weighted by atomic mass is 35.5. The van der Waals surface area contributed by atoms with Crippen LogP contribution in [0.25, 0.3) is 0 Å². The van der Waals surface area contributed by atoms with Crippen molar-refractivity contribution in [3.8, 4) is 5.75 Å². The van der Waals surface area contributed by atoms with Crippen LogP contribution in [0.4, 0.5) is 0 Å². The van der Waals surface area contributed by atoms with Crippen LogP contribution in [0.15, 0.2) is 36.4 Å². The predicted octanol–water partition coefficient (Wildman–Crippen LogP) is 3.86. The van der Waals surface area contributed by atoms with Gasteiger partial charge in [0.25, 0.3) is 0 Å². The number of rotatable bonds is 3. The topological polar surface area (TPSA) is 29.5 Å². The third kappa shape index (κ3) is 2.54. The molecule has 20 heavy (non-hydrogen) atoms. The maximum absolute atomic E-state index is 10.5. The van der Waals surface area contributed by atoms with Crippen molar-refractivity contribution in [3.63, 3.8) is 0 Å². The van der Waals surface area contributed by atoms with Gasteiger partial charge in [0.05, 0.1) is 12.7 Å². The molecule has 0 bridgehead atoms. The molecule has 1 aliphatic rings. The molecule has 2 aromatic carbocycles. The van der Waals surface area contributed by atoms with Gasteiger partial charge in [-0.25, -0.2) is 0 Å². The summed E-state index contributed by atoms with van der Waals surface area (Å²) in [6.45, 7) is 2.71. The second kappa shape index (κ2) is 5.47. The highest BCUT2D eigenvalue weighted by Gasteiger charge is 2.20. The van der Waals surface area contributed by atoms with Gasteiger partial charge in [0.1, 0.15) is 5.75 Å². The number of aliphatic hydroxyl groups excluding tert-OH is 1. The second-order valence-electron chi connectivity index (χ2n) is 5.23. The molecule has 1 unspecified atom stereocenters. The molecular formula is C17H17ClO2. The van der Waals surface area contributed by atoms with Crippen molar-refractivity contribution < 1.29 is 9.84 Å². The average Bonchev–Trinajstić information content (AvgIpc) is 2.87. The van der Waals surface area contributed by atoms with Crippen molar-refractivity contribution in [3.05, 3.63) is 63.7 Å². The summed E-state index contributed by atoms with van der Waals surface area (Å²) in [5, 5.41) is 11.2. The normalized spacial score (nSPS) is 14.8. The number of benzene rings is 2. The van der Waals surface area contributed by atoms with Crippen LogP contribution in [0, 0.1) is 6.92 Å². The molecule has 0 spiro atoms. The van der Waals surface area contributed by atoms with Gasteiger partial charge in [-0.3, -0.25) is 0 Å². The van der Waals surface area contributed by atoms with Gasteiger partial charge in [0.15, 0.2) is 0 Å². The summed E-state index contributed by atoms with van der Waals surface area (Å²) in [6, 6.07) is 11.8. The third-order valence-electron chi connectivity index (χ3n) is 3.79. The van der Waals surface area contributed by atoms with Crippen molar-refractivity contribution >= 4 is 11.6 Å². The molecule has 0 fully saturated rings. The third-order valence-corrected chi connectivity index (χ3v) is 4.00. The fourth-order valence-corrected chi connectivity index (χ4v) is 3.04. The Morgan fingerprint density at radius 3 is 2.90 bits per heavy atom. The van der Waals surface area contributed by atoms with Crippen LogP contribution in [0.3, 0.4) is 0 Å². The van der Waals surface area contributed by atoms with E-state index in [0.29, 0.717) is 18.1 Å². The Morgan fingerprint density at radius 1 is 1.30 bits per heavy atom. The van der Waals surface area contributed by atoms with Crippen LogP contribution >= 0.6 is 11.6 Å². The fraction of sp³-hybridized carbons (Fsp3) is 0.294. The predicted molar refractivity (Wildman–Crippen MR) is 80.5 cm³/mol. The minimum Gasteiger partial charge on any atom is -0.493 e. The van der Waals surface area contributed by atoms with E-state index in [0.717, 1.165) is 34.4 Å². The fourth-order valence-electron chi connectivity index (χ4n) is 2.78. The van der Waals surface area contributed by atoms with E-state index in [2.05, 4.69) is 0 Å². The minimum atomic E-state index is -0.539. The summed E-state index contributed by atoms with van der Waals surface area (Å²) >= 11 is 6.15. The van der Waals surface area contributed by atoms with Crippen molar-refractivity contribution in [2.24, 2.45) is 0 Å². The molecule has 2 nitrogen and oxygen atoms in total. The highest BCUT2D eigenvalue weighted by molar-refractivity contribution is 6.30. The van der Waals surface area contributed by atoms with Gasteiger partial charge in [0, 0.05) is 17.9 Å². The lowest BCUT2D eigenvalue weighted by Crippen LogP contribution is -2.05. The number of ether oxygens (including phenoxy) is 1. The Kier molecular flexibility index (Phi) is 3.68. The number of hydrogen-bond donors (Lipinski definition) is 1. The van der Waals surface area contributed by atoms with E-state index in [9.17, 15) is 5.11 Å². The molecule has 0 amide bonds. The van der Waals surface area contributed by atoms with Crippen LogP contribution in [0.1, 0.15) is 28.4 Å². The van der Waals surface area contributed by atoms with Crippen molar-refractivity contribution in [1.82, 2.24) is 0 Å². The van der Waals surface area contributed by atoms with E-state index in [-0.39, 0.29) is 0 Å². The maximum atomic E-state index is 10.5. The molecule has 0 radical (unpaired) electrons. The van der Waals surface area contributed by atoms with E-state index in [1.54, 1.807) is 0 Å². The average molecular weight is 289 g/mol. The molecule has 1 atom stereocenters. The minimum absolute atomic E-state index is 0.522. The van der Waals surface area contributed by atoms with Crippen LogP contribution in [0.5, 0.6) is 5.75 Å². The molecule has 1 N–H and O–H groups in total. The summed E-state index contributed by atoms with van der Waals surface area (Å²) < 4.78 is 5.68. The first-order valence-electron chi connectivity index (χ1n) is 6.83.